The molecule has 0 saturated carbocycles. The normalized spacial score (nSPS) is 21.7. The second kappa shape index (κ2) is 5.43. The molecule has 0 N–H and O–H groups in total. The highest BCUT2D eigenvalue weighted by molar-refractivity contribution is 5.81. The maximum atomic E-state index is 12.9. The van der Waals surface area contributed by atoms with Gasteiger partial charge in [0.05, 0.1) is 5.92 Å². The van der Waals surface area contributed by atoms with Crippen molar-refractivity contribution in [1.82, 2.24) is 19.7 Å². The molecule has 2 aliphatic heterocycles. The SMILES string of the molecule is Cc1nnc2n1CC(C(=O)N1CC(c3ccccc3)(C(C)C)C1)C2. The van der Waals surface area contributed by atoms with Gasteiger partial charge in [0.2, 0.25) is 5.91 Å². The molecule has 1 amide bonds. The van der Waals surface area contributed by atoms with E-state index >= 15 is 0 Å². The average Bonchev–Trinajstić information content (AvgIpc) is 3.09. The molecule has 1 aromatic heterocycles. The molecule has 1 saturated heterocycles. The van der Waals surface area contributed by atoms with Gasteiger partial charge in [-0.3, -0.25) is 4.79 Å². The standard InChI is InChI=1S/C19H24N4O/c1-13(2)19(16-7-5-4-6-8-16)11-22(12-19)18(24)15-9-17-21-20-14(3)23(17)10-15/h4-8,13,15H,9-12H2,1-3H3. The molecular formula is C19H24N4O. The molecule has 2 aliphatic rings. The van der Waals surface area contributed by atoms with Crippen molar-refractivity contribution in [2.45, 2.75) is 39.2 Å². The molecule has 0 bridgehead atoms. The van der Waals surface area contributed by atoms with E-state index in [0.29, 0.717) is 5.92 Å². The molecule has 5 nitrogen and oxygen atoms in total. The van der Waals surface area contributed by atoms with Gasteiger partial charge >= 0.3 is 0 Å². The predicted molar refractivity (Wildman–Crippen MR) is 91.5 cm³/mol. The van der Waals surface area contributed by atoms with E-state index in [1.54, 1.807) is 0 Å². The minimum Gasteiger partial charge on any atom is -0.340 e. The lowest BCUT2D eigenvalue weighted by Crippen LogP contribution is -2.64. The first-order chi connectivity index (χ1) is 11.5. The highest BCUT2D eigenvalue weighted by atomic mass is 16.2. The molecule has 0 radical (unpaired) electrons. The van der Waals surface area contributed by atoms with Gasteiger partial charge in [0, 0.05) is 31.5 Å². The number of hydrogen-bond acceptors (Lipinski definition) is 3. The summed E-state index contributed by atoms with van der Waals surface area (Å²) in [5, 5.41) is 8.26. The molecule has 24 heavy (non-hydrogen) atoms. The zero-order valence-electron chi connectivity index (χ0n) is 14.6. The zero-order valence-corrected chi connectivity index (χ0v) is 14.6. The lowest BCUT2D eigenvalue weighted by Gasteiger charge is -2.54. The van der Waals surface area contributed by atoms with Crippen LogP contribution in [0.15, 0.2) is 30.3 Å². The number of carbonyl (C=O) groups excluding carboxylic acids is 1. The molecule has 1 aromatic carbocycles. The van der Waals surface area contributed by atoms with Gasteiger partial charge in [0.25, 0.3) is 0 Å². The Morgan fingerprint density at radius 2 is 1.92 bits per heavy atom. The molecular weight excluding hydrogens is 300 g/mol. The molecule has 3 heterocycles. The van der Waals surface area contributed by atoms with Crippen LogP contribution < -0.4 is 0 Å². The Hall–Kier alpha value is -2.17. The quantitative estimate of drug-likeness (QED) is 0.870. The van der Waals surface area contributed by atoms with Crippen LogP contribution in [0.5, 0.6) is 0 Å². The number of carbonyl (C=O) groups is 1. The Morgan fingerprint density at radius 3 is 2.54 bits per heavy atom. The van der Waals surface area contributed by atoms with Crippen LogP contribution in [0.3, 0.4) is 0 Å². The predicted octanol–water partition coefficient (Wildman–Crippen LogP) is 2.20. The van der Waals surface area contributed by atoms with Crippen LogP contribution in [0.25, 0.3) is 0 Å². The molecule has 126 valence electrons. The van der Waals surface area contributed by atoms with Crippen molar-refractivity contribution < 1.29 is 4.79 Å². The van der Waals surface area contributed by atoms with Crippen molar-refractivity contribution in [3.05, 3.63) is 47.5 Å². The average molecular weight is 324 g/mol. The van der Waals surface area contributed by atoms with Crippen molar-refractivity contribution in [2.24, 2.45) is 11.8 Å². The zero-order chi connectivity index (χ0) is 16.9. The molecule has 5 heteroatoms. The number of rotatable bonds is 3. The van der Waals surface area contributed by atoms with E-state index in [0.717, 1.165) is 37.7 Å². The van der Waals surface area contributed by atoms with Crippen molar-refractivity contribution in [3.8, 4) is 0 Å². The van der Waals surface area contributed by atoms with Gasteiger partial charge in [0.15, 0.2) is 0 Å². The summed E-state index contributed by atoms with van der Waals surface area (Å²) in [6.45, 7) is 8.84. The maximum absolute atomic E-state index is 12.9. The van der Waals surface area contributed by atoms with Crippen LogP contribution in [-0.4, -0.2) is 38.7 Å². The maximum Gasteiger partial charge on any atom is 0.228 e. The van der Waals surface area contributed by atoms with E-state index in [1.807, 2.05) is 11.8 Å². The lowest BCUT2D eigenvalue weighted by atomic mass is 9.66. The Kier molecular flexibility index (Phi) is 3.48. The summed E-state index contributed by atoms with van der Waals surface area (Å²) in [5.74, 6) is 2.66. The highest BCUT2D eigenvalue weighted by Crippen LogP contribution is 2.42. The number of aromatic nitrogens is 3. The second-order valence-corrected chi connectivity index (χ2v) is 7.55. The first-order valence-electron chi connectivity index (χ1n) is 8.74. The summed E-state index contributed by atoms with van der Waals surface area (Å²) >= 11 is 0. The third-order valence-corrected chi connectivity index (χ3v) is 5.91. The molecule has 4 rings (SSSR count). The fourth-order valence-corrected chi connectivity index (χ4v) is 4.18. The van der Waals surface area contributed by atoms with Crippen molar-refractivity contribution in [1.29, 1.82) is 0 Å². The third-order valence-electron chi connectivity index (χ3n) is 5.91. The van der Waals surface area contributed by atoms with Gasteiger partial charge in [-0.05, 0) is 18.4 Å². The van der Waals surface area contributed by atoms with E-state index in [4.69, 9.17) is 0 Å². The molecule has 1 atom stereocenters. The molecule has 0 spiro atoms. The summed E-state index contributed by atoms with van der Waals surface area (Å²) in [5.41, 5.74) is 1.45. The van der Waals surface area contributed by atoms with Gasteiger partial charge < -0.3 is 9.47 Å². The molecule has 2 aromatic rings. The summed E-state index contributed by atoms with van der Waals surface area (Å²) < 4.78 is 2.08. The van der Waals surface area contributed by atoms with Gasteiger partial charge in [-0.25, -0.2) is 0 Å². The number of amides is 1. The third kappa shape index (κ3) is 2.18. The molecule has 1 unspecified atom stereocenters. The van der Waals surface area contributed by atoms with Crippen molar-refractivity contribution in [3.63, 3.8) is 0 Å². The summed E-state index contributed by atoms with van der Waals surface area (Å²) in [6, 6.07) is 10.6. The minimum atomic E-state index is 0.0233. The number of hydrogen-bond donors (Lipinski definition) is 0. The van der Waals surface area contributed by atoms with Crippen LogP contribution in [0, 0.1) is 18.8 Å². The molecule has 0 aliphatic carbocycles. The molecule has 1 fully saturated rings. The van der Waals surface area contributed by atoms with E-state index in [1.165, 1.54) is 5.56 Å². The number of benzene rings is 1. The first-order valence-corrected chi connectivity index (χ1v) is 8.74. The second-order valence-electron chi connectivity index (χ2n) is 7.55. The highest BCUT2D eigenvalue weighted by Gasteiger charge is 2.50. The first kappa shape index (κ1) is 15.4. The Morgan fingerprint density at radius 1 is 1.21 bits per heavy atom. The Labute approximate surface area is 142 Å². The fraction of sp³-hybridized carbons (Fsp3) is 0.526. The van der Waals surface area contributed by atoms with Gasteiger partial charge in [-0.1, -0.05) is 44.2 Å². The van der Waals surface area contributed by atoms with E-state index < -0.39 is 0 Å². The number of fused-ring (bicyclic) bond motifs is 1. The van der Waals surface area contributed by atoms with Crippen LogP contribution in [-0.2, 0) is 23.2 Å². The fourth-order valence-electron chi connectivity index (χ4n) is 4.18. The van der Waals surface area contributed by atoms with Crippen LogP contribution >= 0.6 is 0 Å². The van der Waals surface area contributed by atoms with Gasteiger partial charge in [-0.15, -0.1) is 10.2 Å². The summed E-state index contributed by atoms with van der Waals surface area (Å²) in [7, 11) is 0. The lowest BCUT2D eigenvalue weighted by molar-refractivity contribution is -0.145. The monoisotopic (exact) mass is 324 g/mol. The Bertz CT molecular complexity index is 759. The Balaban J connectivity index is 1.48. The van der Waals surface area contributed by atoms with Crippen LogP contribution in [0.1, 0.15) is 31.1 Å². The number of aryl methyl sites for hydroxylation is 1. The van der Waals surface area contributed by atoms with E-state index in [2.05, 4.69) is 58.9 Å². The number of likely N-dealkylation sites (tertiary alicyclic amines) is 1. The minimum absolute atomic E-state index is 0.0233. The topological polar surface area (TPSA) is 51.0 Å². The van der Waals surface area contributed by atoms with E-state index in [-0.39, 0.29) is 17.2 Å². The summed E-state index contributed by atoms with van der Waals surface area (Å²) in [6.07, 6.45) is 0.718. The number of nitrogens with zero attached hydrogens (tertiary/aromatic N) is 4. The van der Waals surface area contributed by atoms with Gasteiger partial charge in [-0.2, -0.15) is 0 Å². The van der Waals surface area contributed by atoms with Crippen LogP contribution in [0.2, 0.25) is 0 Å². The van der Waals surface area contributed by atoms with Gasteiger partial charge in [0.1, 0.15) is 11.6 Å². The smallest absolute Gasteiger partial charge is 0.228 e. The largest absolute Gasteiger partial charge is 0.340 e. The van der Waals surface area contributed by atoms with Crippen LogP contribution in [0.4, 0.5) is 0 Å². The van der Waals surface area contributed by atoms with Crippen molar-refractivity contribution in [2.75, 3.05) is 13.1 Å². The van der Waals surface area contributed by atoms with E-state index in [9.17, 15) is 4.79 Å². The van der Waals surface area contributed by atoms with Crippen molar-refractivity contribution >= 4 is 5.91 Å². The summed E-state index contributed by atoms with van der Waals surface area (Å²) in [4.78, 5) is 14.9.